The molecule has 35 heavy (non-hydrogen) atoms. The van der Waals surface area contributed by atoms with Gasteiger partial charge in [-0.2, -0.15) is 8.42 Å². The van der Waals surface area contributed by atoms with Crippen LogP contribution in [0.4, 0.5) is 17.1 Å². The van der Waals surface area contributed by atoms with Crippen LogP contribution >= 0.6 is 0 Å². The van der Waals surface area contributed by atoms with Crippen LogP contribution in [0.3, 0.4) is 0 Å². The number of likely N-dealkylation sites (N-methyl/N-ethyl adjacent to an activating group) is 1. The lowest BCUT2D eigenvalue weighted by Gasteiger charge is -2.34. The minimum absolute atomic E-state index is 0.0289. The number of benzene rings is 2. The van der Waals surface area contributed by atoms with Crippen molar-refractivity contribution in [1.29, 1.82) is 0 Å². The van der Waals surface area contributed by atoms with Gasteiger partial charge in [0, 0.05) is 26.2 Å². The molecule has 12 heteroatoms. The summed E-state index contributed by atoms with van der Waals surface area (Å²) in [6.45, 7) is 5.95. The van der Waals surface area contributed by atoms with Crippen LogP contribution in [0.5, 0.6) is 5.75 Å². The number of anilines is 2. The zero-order valence-electron chi connectivity index (χ0n) is 19.9. The van der Waals surface area contributed by atoms with Gasteiger partial charge in [-0.25, -0.2) is 4.79 Å². The fraction of sp³-hybridized carbons (Fsp3) is 0.435. The molecule has 0 aliphatic carbocycles. The number of nitro groups is 1. The molecule has 0 aromatic heterocycles. The Kier molecular flexibility index (Phi) is 8.18. The quantitative estimate of drug-likeness (QED) is 0.280. The topological polar surface area (TPSA) is 142 Å². The maximum Gasteiger partial charge on any atom is 0.341 e. The number of carbonyl (C=O) groups is 1. The van der Waals surface area contributed by atoms with Gasteiger partial charge in [0.05, 0.1) is 4.92 Å². The van der Waals surface area contributed by atoms with Crippen LogP contribution in [0.2, 0.25) is 0 Å². The van der Waals surface area contributed by atoms with Gasteiger partial charge in [-0.05, 0) is 43.7 Å². The second kappa shape index (κ2) is 10.9. The maximum atomic E-state index is 13.2. The van der Waals surface area contributed by atoms with Crippen molar-refractivity contribution in [1.82, 2.24) is 4.90 Å². The van der Waals surface area contributed by atoms with Crippen molar-refractivity contribution in [2.24, 2.45) is 5.92 Å². The van der Waals surface area contributed by atoms with Crippen molar-refractivity contribution in [2.45, 2.75) is 31.2 Å². The second-order valence-corrected chi connectivity index (χ2v) is 10.4. The van der Waals surface area contributed by atoms with Gasteiger partial charge in [-0.1, -0.05) is 32.0 Å². The number of para-hydroxylation sites is 1. The predicted octanol–water partition coefficient (Wildman–Crippen LogP) is 3.03. The molecule has 3 rings (SSSR count). The van der Waals surface area contributed by atoms with E-state index in [0.717, 1.165) is 0 Å². The van der Waals surface area contributed by atoms with E-state index in [4.69, 9.17) is 4.18 Å². The lowest BCUT2D eigenvalue weighted by molar-refractivity contribution is -0.383. The average molecular weight is 507 g/mol. The van der Waals surface area contributed by atoms with E-state index in [-0.39, 0.29) is 23.8 Å². The number of nitro benzene ring substituents is 1. The average Bonchev–Trinajstić information content (AvgIpc) is 2.78. The molecule has 2 aromatic rings. The molecule has 0 radical (unpaired) electrons. The van der Waals surface area contributed by atoms with Gasteiger partial charge >= 0.3 is 21.8 Å². The van der Waals surface area contributed by atoms with Crippen molar-refractivity contribution in [3.63, 3.8) is 0 Å². The fourth-order valence-electron chi connectivity index (χ4n) is 3.91. The van der Waals surface area contributed by atoms with Gasteiger partial charge in [0.2, 0.25) is 0 Å². The highest BCUT2D eigenvalue weighted by atomic mass is 32.2. The number of rotatable bonds is 10. The van der Waals surface area contributed by atoms with Crippen LogP contribution in [-0.2, 0) is 14.9 Å². The molecule has 0 saturated carbocycles. The molecule has 1 aliphatic rings. The molecular weight excluding hydrogens is 476 g/mol. The number of nitrogens with zero attached hydrogens (tertiary/aromatic N) is 3. The van der Waals surface area contributed by atoms with Gasteiger partial charge in [0.15, 0.2) is 0 Å². The molecule has 11 nitrogen and oxygen atoms in total. The summed E-state index contributed by atoms with van der Waals surface area (Å²) >= 11 is 0. The Morgan fingerprint density at radius 3 is 2.31 bits per heavy atom. The third-order valence-corrected chi connectivity index (χ3v) is 6.98. The first kappa shape index (κ1) is 26.2. The van der Waals surface area contributed by atoms with E-state index in [9.17, 15) is 28.4 Å². The summed E-state index contributed by atoms with van der Waals surface area (Å²) in [5, 5.41) is 24.7. The Hall–Kier alpha value is -3.38. The molecule has 2 aromatic carbocycles. The summed E-state index contributed by atoms with van der Waals surface area (Å²) in [4.78, 5) is 27.0. The van der Waals surface area contributed by atoms with E-state index < -0.39 is 43.3 Å². The summed E-state index contributed by atoms with van der Waals surface area (Å²) in [5.41, 5.74) is -0.671. The van der Waals surface area contributed by atoms with Gasteiger partial charge in [0.1, 0.15) is 28.1 Å². The van der Waals surface area contributed by atoms with Gasteiger partial charge < -0.3 is 24.4 Å². The Balaban J connectivity index is 2.17. The third kappa shape index (κ3) is 6.40. The van der Waals surface area contributed by atoms with Crippen molar-refractivity contribution >= 4 is 33.1 Å². The molecule has 1 aliphatic heterocycles. The largest absolute Gasteiger partial charge is 0.480 e. The molecule has 0 unspecified atom stereocenters. The van der Waals surface area contributed by atoms with Crippen LogP contribution in [-0.4, -0.2) is 68.6 Å². The van der Waals surface area contributed by atoms with Crippen molar-refractivity contribution in [3.8, 4) is 5.75 Å². The second-order valence-electron chi connectivity index (χ2n) is 8.87. The zero-order valence-corrected chi connectivity index (χ0v) is 20.7. The first-order valence-electron chi connectivity index (χ1n) is 11.2. The highest BCUT2D eigenvalue weighted by molar-refractivity contribution is 7.87. The van der Waals surface area contributed by atoms with Crippen LogP contribution in [0.1, 0.15) is 20.3 Å². The van der Waals surface area contributed by atoms with E-state index in [2.05, 4.69) is 10.2 Å². The number of aliphatic carboxylic acids is 1. The van der Waals surface area contributed by atoms with Gasteiger partial charge in [-0.3, -0.25) is 10.1 Å². The zero-order chi connectivity index (χ0) is 25.8. The third-order valence-electron chi connectivity index (χ3n) is 5.69. The lowest BCUT2D eigenvalue weighted by Crippen LogP contribution is -2.44. The number of carboxylic acids is 1. The van der Waals surface area contributed by atoms with E-state index in [1.54, 1.807) is 23.1 Å². The summed E-state index contributed by atoms with van der Waals surface area (Å²) in [7, 11) is -2.60. The monoisotopic (exact) mass is 506 g/mol. The SMILES string of the molecule is CC(C)C[C@H](Nc1c(S(=O)(=O)Oc2ccccc2)ccc(N2CCN(C)CC2)c1[N+](=O)[O-])C(=O)O. The normalized spacial score (nSPS) is 15.6. The van der Waals surface area contributed by atoms with Crippen molar-refractivity contribution in [2.75, 3.05) is 43.4 Å². The van der Waals surface area contributed by atoms with E-state index in [0.29, 0.717) is 26.2 Å². The standard InChI is InChI=1S/C23H30N4O7S/c1-16(2)15-18(23(28)29)24-21-20(35(32,33)34-17-7-5-4-6-8-17)10-9-19(22(21)27(30)31)26-13-11-25(3)12-14-26/h4-10,16,18,24H,11-15H2,1-3H3,(H,28,29)/t18-/m0/s1. The van der Waals surface area contributed by atoms with Crippen LogP contribution in [0.25, 0.3) is 0 Å². The number of nitrogens with one attached hydrogen (secondary N) is 1. The van der Waals surface area contributed by atoms with Crippen LogP contribution in [0.15, 0.2) is 47.4 Å². The summed E-state index contributed by atoms with van der Waals surface area (Å²) in [5.74, 6) is -1.28. The van der Waals surface area contributed by atoms with Crippen LogP contribution < -0.4 is 14.4 Å². The molecule has 190 valence electrons. The van der Waals surface area contributed by atoms with Gasteiger partial charge in [-0.15, -0.1) is 0 Å². The number of hydrogen-bond acceptors (Lipinski definition) is 9. The Morgan fingerprint density at radius 2 is 1.77 bits per heavy atom. The number of piperazine rings is 1. The first-order chi connectivity index (χ1) is 16.5. The summed E-state index contributed by atoms with van der Waals surface area (Å²) in [6.07, 6.45) is 0.129. The van der Waals surface area contributed by atoms with E-state index >= 15 is 0 Å². The van der Waals surface area contributed by atoms with Crippen molar-refractivity contribution < 1.29 is 27.4 Å². The lowest BCUT2D eigenvalue weighted by atomic mass is 10.0. The fourth-order valence-corrected chi connectivity index (χ4v) is 5.01. The molecule has 1 fully saturated rings. The number of hydrogen-bond donors (Lipinski definition) is 2. The Morgan fingerprint density at radius 1 is 1.14 bits per heavy atom. The predicted molar refractivity (Wildman–Crippen MR) is 132 cm³/mol. The molecule has 0 amide bonds. The number of carboxylic acid groups (broad SMARTS) is 1. The maximum absolute atomic E-state index is 13.2. The molecule has 2 N–H and O–H groups in total. The van der Waals surface area contributed by atoms with Crippen molar-refractivity contribution in [3.05, 3.63) is 52.6 Å². The highest BCUT2D eigenvalue weighted by Crippen LogP contribution is 2.42. The summed E-state index contributed by atoms with van der Waals surface area (Å²) < 4.78 is 31.7. The van der Waals surface area contributed by atoms with Gasteiger partial charge in [0.25, 0.3) is 0 Å². The van der Waals surface area contributed by atoms with E-state index in [1.165, 1.54) is 24.3 Å². The molecule has 1 heterocycles. The molecule has 0 bridgehead atoms. The molecule has 1 saturated heterocycles. The smallest absolute Gasteiger partial charge is 0.341 e. The molecular formula is C23H30N4O7S. The minimum atomic E-state index is -4.54. The van der Waals surface area contributed by atoms with Crippen LogP contribution in [0, 0.1) is 16.0 Å². The molecule has 0 spiro atoms. The summed E-state index contributed by atoms with van der Waals surface area (Å²) in [6, 6.07) is 9.11. The highest BCUT2D eigenvalue weighted by Gasteiger charge is 2.35. The minimum Gasteiger partial charge on any atom is -0.480 e. The first-order valence-corrected chi connectivity index (χ1v) is 12.6. The van der Waals surface area contributed by atoms with E-state index in [1.807, 2.05) is 20.9 Å². The Labute approximate surface area is 204 Å². The molecule has 1 atom stereocenters. The Bertz CT molecular complexity index is 1160.